The van der Waals surface area contributed by atoms with E-state index in [1.165, 1.54) is 12.8 Å². The van der Waals surface area contributed by atoms with Crippen LogP contribution in [0, 0.1) is 0 Å². The number of likely N-dealkylation sites (tertiary alicyclic amines) is 1. The van der Waals surface area contributed by atoms with Gasteiger partial charge in [0.15, 0.2) is 0 Å². The predicted octanol–water partition coefficient (Wildman–Crippen LogP) is 0.197. The van der Waals surface area contributed by atoms with E-state index < -0.39 is 0 Å². The molecule has 1 aliphatic heterocycles. The molecule has 3 nitrogen and oxygen atoms in total. The van der Waals surface area contributed by atoms with Crippen LogP contribution in [0.3, 0.4) is 0 Å². The van der Waals surface area contributed by atoms with Gasteiger partial charge >= 0.3 is 0 Å². The summed E-state index contributed by atoms with van der Waals surface area (Å²) >= 11 is 0. The minimum atomic E-state index is 0.441. The molecule has 0 radical (unpaired) electrons. The topological polar surface area (TPSA) is 38.5 Å². The van der Waals surface area contributed by atoms with E-state index in [9.17, 15) is 0 Å². The van der Waals surface area contributed by atoms with Crippen LogP contribution in [-0.2, 0) is 4.74 Å². The maximum atomic E-state index is 5.71. The Labute approximate surface area is 73.9 Å². The van der Waals surface area contributed by atoms with Gasteiger partial charge in [-0.2, -0.15) is 0 Å². The number of ether oxygens (including phenoxy) is 1. The van der Waals surface area contributed by atoms with E-state index in [4.69, 9.17) is 10.5 Å². The van der Waals surface area contributed by atoms with Gasteiger partial charge in [-0.1, -0.05) is 0 Å². The molecule has 0 amide bonds. The van der Waals surface area contributed by atoms with Crippen molar-refractivity contribution in [2.75, 3.05) is 19.7 Å². The maximum absolute atomic E-state index is 5.71. The van der Waals surface area contributed by atoms with Gasteiger partial charge in [-0.05, 0) is 19.8 Å². The minimum absolute atomic E-state index is 0.441. The molecule has 0 aromatic heterocycles. The first-order chi connectivity index (χ1) is 5.79. The molecule has 3 heteroatoms. The quantitative estimate of drug-likeness (QED) is 0.657. The van der Waals surface area contributed by atoms with Crippen LogP contribution in [0.25, 0.3) is 0 Å². The molecule has 2 fully saturated rings. The van der Waals surface area contributed by atoms with Gasteiger partial charge in [0.1, 0.15) is 0 Å². The third-order valence-corrected chi connectivity index (χ3v) is 2.93. The number of hydrogen-bond donors (Lipinski definition) is 1. The SMILES string of the molecule is CCOC1CC(N2CC(N)C2)C1. The van der Waals surface area contributed by atoms with Gasteiger partial charge in [-0.25, -0.2) is 0 Å². The normalized spacial score (nSPS) is 37.5. The summed E-state index contributed by atoms with van der Waals surface area (Å²) in [6.07, 6.45) is 2.98. The highest BCUT2D eigenvalue weighted by atomic mass is 16.5. The minimum Gasteiger partial charge on any atom is -0.378 e. The zero-order valence-electron chi connectivity index (χ0n) is 7.70. The highest BCUT2D eigenvalue weighted by molar-refractivity contribution is 4.95. The standard InChI is InChI=1S/C9H18N2O/c1-2-12-9-3-8(4-9)11-5-7(10)6-11/h7-9H,2-6,10H2,1H3. The van der Waals surface area contributed by atoms with Gasteiger partial charge in [0.2, 0.25) is 0 Å². The second-order valence-electron chi connectivity index (χ2n) is 3.92. The fourth-order valence-electron chi connectivity index (χ4n) is 2.05. The van der Waals surface area contributed by atoms with Crippen LogP contribution in [0.15, 0.2) is 0 Å². The molecule has 0 atom stereocenters. The summed E-state index contributed by atoms with van der Waals surface area (Å²) in [5, 5.41) is 0. The van der Waals surface area contributed by atoms with E-state index in [2.05, 4.69) is 11.8 Å². The monoisotopic (exact) mass is 170 g/mol. The molecule has 0 spiro atoms. The third kappa shape index (κ3) is 1.49. The van der Waals surface area contributed by atoms with E-state index in [-0.39, 0.29) is 0 Å². The van der Waals surface area contributed by atoms with Crippen LogP contribution >= 0.6 is 0 Å². The molecule has 0 aromatic carbocycles. The molecule has 12 heavy (non-hydrogen) atoms. The van der Waals surface area contributed by atoms with Crippen molar-refractivity contribution in [1.29, 1.82) is 0 Å². The molecular weight excluding hydrogens is 152 g/mol. The number of rotatable bonds is 3. The largest absolute Gasteiger partial charge is 0.378 e. The molecule has 1 saturated carbocycles. The zero-order chi connectivity index (χ0) is 8.55. The second-order valence-corrected chi connectivity index (χ2v) is 3.92. The molecule has 0 unspecified atom stereocenters. The summed E-state index contributed by atoms with van der Waals surface area (Å²) in [5.41, 5.74) is 5.71. The van der Waals surface area contributed by atoms with E-state index >= 15 is 0 Å². The Hall–Kier alpha value is -0.120. The smallest absolute Gasteiger partial charge is 0.0604 e. The molecule has 1 heterocycles. The van der Waals surface area contributed by atoms with Gasteiger partial charge in [0.05, 0.1) is 6.10 Å². The van der Waals surface area contributed by atoms with Crippen molar-refractivity contribution in [2.24, 2.45) is 5.73 Å². The van der Waals surface area contributed by atoms with E-state index in [0.717, 1.165) is 25.7 Å². The fraction of sp³-hybridized carbons (Fsp3) is 1.00. The van der Waals surface area contributed by atoms with Crippen LogP contribution in [-0.4, -0.2) is 42.8 Å². The Morgan fingerprint density at radius 2 is 2.08 bits per heavy atom. The van der Waals surface area contributed by atoms with Crippen molar-refractivity contribution in [3.8, 4) is 0 Å². The van der Waals surface area contributed by atoms with Crippen LogP contribution < -0.4 is 5.73 Å². The van der Waals surface area contributed by atoms with Gasteiger partial charge in [0, 0.05) is 31.8 Å². The molecule has 1 saturated heterocycles. The summed E-state index contributed by atoms with van der Waals surface area (Å²) in [7, 11) is 0. The van der Waals surface area contributed by atoms with Crippen LogP contribution in [0.2, 0.25) is 0 Å². The molecule has 0 aromatic rings. The van der Waals surface area contributed by atoms with E-state index in [0.29, 0.717) is 12.1 Å². The molecule has 2 N–H and O–H groups in total. The first-order valence-electron chi connectivity index (χ1n) is 4.90. The van der Waals surface area contributed by atoms with Crippen molar-refractivity contribution >= 4 is 0 Å². The van der Waals surface area contributed by atoms with Crippen molar-refractivity contribution < 1.29 is 4.74 Å². The lowest BCUT2D eigenvalue weighted by molar-refractivity contribution is -0.0661. The summed E-state index contributed by atoms with van der Waals surface area (Å²) in [6, 6.07) is 1.22. The Bertz CT molecular complexity index is 151. The zero-order valence-corrected chi connectivity index (χ0v) is 7.70. The highest BCUT2D eigenvalue weighted by Crippen LogP contribution is 2.30. The predicted molar refractivity (Wildman–Crippen MR) is 48.0 cm³/mol. The van der Waals surface area contributed by atoms with Crippen molar-refractivity contribution in [3.63, 3.8) is 0 Å². The first kappa shape index (κ1) is 8.48. The lowest BCUT2D eigenvalue weighted by Crippen LogP contribution is -2.63. The average molecular weight is 170 g/mol. The molecular formula is C9H18N2O. The van der Waals surface area contributed by atoms with Crippen LogP contribution in [0.1, 0.15) is 19.8 Å². The summed E-state index contributed by atoms with van der Waals surface area (Å²) < 4.78 is 5.50. The fourth-order valence-corrected chi connectivity index (χ4v) is 2.05. The summed E-state index contributed by atoms with van der Waals surface area (Å²) in [6.45, 7) is 5.12. The van der Waals surface area contributed by atoms with Crippen molar-refractivity contribution in [1.82, 2.24) is 4.90 Å². The lowest BCUT2D eigenvalue weighted by atomic mass is 9.85. The Balaban J connectivity index is 1.62. The number of hydrogen-bond acceptors (Lipinski definition) is 3. The number of nitrogens with zero attached hydrogens (tertiary/aromatic N) is 1. The van der Waals surface area contributed by atoms with Crippen LogP contribution in [0.5, 0.6) is 0 Å². The molecule has 70 valence electrons. The third-order valence-electron chi connectivity index (χ3n) is 2.93. The summed E-state index contributed by atoms with van der Waals surface area (Å²) in [4.78, 5) is 2.47. The molecule has 2 rings (SSSR count). The summed E-state index contributed by atoms with van der Waals surface area (Å²) in [5.74, 6) is 0. The number of nitrogens with two attached hydrogens (primary N) is 1. The molecule has 1 aliphatic carbocycles. The van der Waals surface area contributed by atoms with Crippen LogP contribution in [0.4, 0.5) is 0 Å². The van der Waals surface area contributed by atoms with E-state index in [1.54, 1.807) is 0 Å². The highest BCUT2D eigenvalue weighted by Gasteiger charge is 2.38. The second kappa shape index (κ2) is 3.32. The molecule has 2 aliphatic rings. The average Bonchev–Trinajstić information content (AvgIpc) is 1.90. The Morgan fingerprint density at radius 3 is 2.58 bits per heavy atom. The Morgan fingerprint density at radius 1 is 1.42 bits per heavy atom. The van der Waals surface area contributed by atoms with Crippen molar-refractivity contribution in [3.05, 3.63) is 0 Å². The van der Waals surface area contributed by atoms with Gasteiger partial charge < -0.3 is 10.5 Å². The maximum Gasteiger partial charge on any atom is 0.0604 e. The Kier molecular flexibility index (Phi) is 2.35. The van der Waals surface area contributed by atoms with Crippen molar-refractivity contribution in [2.45, 2.75) is 38.0 Å². The molecule has 0 bridgehead atoms. The first-order valence-corrected chi connectivity index (χ1v) is 4.90. The van der Waals surface area contributed by atoms with Gasteiger partial charge in [-0.3, -0.25) is 4.90 Å². The van der Waals surface area contributed by atoms with Gasteiger partial charge in [0.25, 0.3) is 0 Å². The van der Waals surface area contributed by atoms with Gasteiger partial charge in [-0.15, -0.1) is 0 Å². The lowest BCUT2D eigenvalue weighted by Gasteiger charge is -2.49. The van der Waals surface area contributed by atoms with E-state index in [1.807, 2.05) is 0 Å².